The highest BCUT2D eigenvalue weighted by molar-refractivity contribution is 5.82. The van der Waals surface area contributed by atoms with Gasteiger partial charge in [0.1, 0.15) is 0 Å². The Morgan fingerprint density at radius 1 is 1.40 bits per heavy atom. The van der Waals surface area contributed by atoms with E-state index in [1.165, 1.54) is 6.40 Å². The monoisotopic (exact) mass is 270 g/mol. The molecule has 0 N–H and O–H groups in total. The number of rotatable bonds is 3. The minimum absolute atomic E-state index is 0.333. The Balaban J connectivity index is 1.92. The van der Waals surface area contributed by atoms with E-state index in [1.54, 1.807) is 13.1 Å². The zero-order valence-corrected chi connectivity index (χ0v) is 11.0. The second-order valence-corrected chi connectivity index (χ2v) is 4.46. The molecule has 20 heavy (non-hydrogen) atoms. The van der Waals surface area contributed by atoms with E-state index in [9.17, 15) is 4.79 Å². The highest BCUT2D eigenvalue weighted by Gasteiger charge is 2.35. The average molecular weight is 270 g/mol. The maximum atomic E-state index is 11.9. The van der Waals surface area contributed by atoms with E-state index in [-0.39, 0.29) is 5.97 Å². The number of aliphatic imine (C=N–C) groups is 1. The van der Waals surface area contributed by atoms with E-state index >= 15 is 0 Å². The molecule has 102 valence electrons. The second kappa shape index (κ2) is 5.28. The summed E-state index contributed by atoms with van der Waals surface area (Å²) < 4.78 is 10.5. The highest BCUT2D eigenvalue weighted by atomic mass is 16.5. The number of nitrogens with zero attached hydrogens (tertiary/aromatic N) is 2. The molecule has 0 bridgehead atoms. The summed E-state index contributed by atoms with van der Waals surface area (Å²) in [4.78, 5) is 20.2. The third kappa shape index (κ3) is 2.22. The SMILES string of the molecule is CCOC(=O)C1N=COC1c1ccc2ncccc2c1. The van der Waals surface area contributed by atoms with Crippen LogP contribution in [-0.2, 0) is 14.3 Å². The van der Waals surface area contributed by atoms with Crippen molar-refractivity contribution in [2.45, 2.75) is 19.1 Å². The predicted octanol–water partition coefficient (Wildman–Crippen LogP) is 2.27. The van der Waals surface area contributed by atoms with Gasteiger partial charge in [0.05, 0.1) is 12.1 Å². The summed E-state index contributed by atoms with van der Waals surface area (Å²) in [6, 6.07) is 9.00. The number of aromatic nitrogens is 1. The van der Waals surface area contributed by atoms with E-state index in [2.05, 4.69) is 9.98 Å². The molecule has 1 aromatic heterocycles. The van der Waals surface area contributed by atoms with Gasteiger partial charge in [-0.1, -0.05) is 12.1 Å². The van der Waals surface area contributed by atoms with Gasteiger partial charge < -0.3 is 9.47 Å². The topological polar surface area (TPSA) is 60.8 Å². The molecule has 0 spiro atoms. The van der Waals surface area contributed by atoms with Crippen molar-refractivity contribution >= 4 is 23.3 Å². The standard InChI is InChI=1S/C15H14N2O3/c1-2-19-15(18)13-14(20-9-17-13)11-5-6-12-10(8-11)4-3-7-16-12/h3-9,13-14H,2H2,1H3. The quantitative estimate of drug-likeness (QED) is 0.803. The summed E-state index contributed by atoms with van der Waals surface area (Å²) in [5, 5.41) is 1.00. The molecule has 1 aromatic carbocycles. The first-order valence-electron chi connectivity index (χ1n) is 6.48. The number of carbonyl (C=O) groups is 1. The predicted molar refractivity (Wildman–Crippen MR) is 74.5 cm³/mol. The fraction of sp³-hybridized carbons (Fsp3) is 0.267. The lowest BCUT2D eigenvalue weighted by molar-refractivity contribution is -0.146. The van der Waals surface area contributed by atoms with Crippen molar-refractivity contribution in [1.82, 2.24) is 4.98 Å². The largest absolute Gasteiger partial charge is 0.473 e. The van der Waals surface area contributed by atoms with Crippen LogP contribution in [0.1, 0.15) is 18.6 Å². The van der Waals surface area contributed by atoms with Crippen LogP contribution in [0.5, 0.6) is 0 Å². The first-order valence-corrected chi connectivity index (χ1v) is 6.48. The zero-order valence-electron chi connectivity index (χ0n) is 11.0. The average Bonchev–Trinajstić information content (AvgIpc) is 2.96. The minimum atomic E-state index is -0.635. The second-order valence-electron chi connectivity index (χ2n) is 4.46. The van der Waals surface area contributed by atoms with Gasteiger partial charge in [0.25, 0.3) is 0 Å². The van der Waals surface area contributed by atoms with Gasteiger partial charge in [-0.3, -0.25) is 4.98 Å². The molecule has 3 rings (SSSR count). The van der Waals surface area contributed by atoms with E-state index < -0.39 is 12.1 Å². The van der Waals surface area contributed by atoms with Crippen LogP contribution >= 0.6 is 0 Å². The molecule has 0 radical (unpaired) electrons. The number of esters is 1. The van der Waals surface area contributed by atoms with Crippen molar-refractivity contribution in [3.05, 3.63) is 42.1 Å². The maximum absolute atomic E-state index is 11.9. The number of ether oxygens (including phenoxy) is 2. The van der Waals surface area contributed by atoms with E-state index in [1.807, 2.05) is 30.3 Å². The molecule has 0 amide bonds. The molecule has 2 aromatic rings. The number of hydrogen-bond acceptors (Lipinski definition) is 5. The van der Waals surface area contributed by atoms with Crippen molar-refractivity contribution in [3.8, 4) is 0 Å². The summed E-state index contributed by atoms with van der Waals surface area (Å²) in [7, 11) is 0. The fourth-order valence-electron chi connectivity index (χ4n) is 2.26. The summed E-state index contributed by atoms with van der Waals surface area (Å²) >= 11 is 0. The molecule has 2 unspecified atom stereocenters. The van der Waals surface area contributed by atoms with Gasteiger partial charge in [-0.15, -0.1) is 0 Å². The van der Waals surface area contributed by atoms with E-state index in [0.717, 1.165) is 16.5 Å². The summed E-state index contributed by atoms with van der Waals surface area (Å²) in [5.41, 5.74) is 1.80. The van der Waals surface area contributed by atoms with Crippen molar-refractivity contribution in [2.24, 2.45) is 4.99 Å². The van der Waals surface area contributed by atoms with Gasteiger partial charge in [-0.25, -0.2) is 9.79 Å². The van der Waals surface area contributed by atoms with Crippen LogP contribution in [0.3, 0.4) is 0 Å². The van der Waals surface area contributed by atoms with Crippen molar-refractivity contribution < 1.29 is 14.3 Å². The number of carbonyl (C=O) groups excluding carboxylic acids is 1. The van der Waals surface area contributed by atoms with Gasteiger partial charge in [-0.05, 0) is 30.7 Å². The van der Waals surface area contributed by atoms with Gasteiger partial charge in [0, 0.05) is 11.6 Å². The molecule has 0 saturated heterocycles. The first-order chi connectivity index (χ1) is 9.79. The Morgan fingerprint density at radius 3 is 3.15 bits per heavy atom. The summed E-state index contributed by atoms with van der Waals surface area (Å²) in [5.74, 6) is -0.363. The number of hydrogen-bond donors (Lipinski definition) is 0. The summed E-state index contributed by atoms with van der Waals surface area (Å²) in [6.07, 6.45) is 2.64. The van der Waals surface area contributed by atoms with Crippen LogP contribution in [0.15, 0.2) is 41.5 Å². The van der Waals surface area contributed by atoms with Gasteiger partial charge in [0.15, 0.2) is 18.5 Å². The van der Waals surface area contributed by atoms with Gasteiger partial charge in [-0.2, -0.15) is 0 Å². The number of pyridine rings is 1. The molecule has 2 heterocycles. The van der Waals surface area contributed by atoms with Crippen LogP contribution in [0.25, 0.3) is 10.9 Å². The lowest BCUT2D eigenvalue weighted by Crippen LogP contribution is -2.26. The lowest BCUT2D eigenvalue weighted by Gasteiger charge is -2.16. The van der Waals surface area contributed by atoms with Gasteiger partial charge in [0.2, 0.25) is 0 Å². The first kappa shape index (κ1) is 12.6. The molecule has 1 aliphatic rings. The van der Waals surface area contributed by atoms with Crippen molar-refractivity contribution in [2.75, 3.05) is 6.61 Å². The molecule has 2 atom stereocenters. The third-order valence-electron chi connectivity index (χ3n) is 3.20. The Bertz CT molecular complexity index is 669. The normalized spacial score (nSPS) is 20.9. The Labute approximate surface area is 116 Å². The van der Waals surface area contributed by atoms with Crippen LogP contribution in [-0.4, -0.2) is 30.0 Å². The van der Waals surface area contributed by atoms with Gasteiger partial charge >= 0.3 is 5.97 Å². The molecule has 0 saturated carbocycles. The van der Waals surface area contributed by atoms with Crippen LogP contribution in [0.4, 0.5) is 0 Å². The molecular formula is C15H14N2O3. The number of benzene rings is 1. The smallest absolute Gasteiger partial charge is 0.335 e. The molecule has 5 nitrogen and oxygen atoms in total. The molecule has 1 aliphatic heterocycles. The molecular weight excluding hydrogens is 256 g/mol. The fourth-order valence-corrected chi connectivity index (χ4v) is 2.26. The van der Waals surface area contributed by atoms with E-state index in [0.29, 0.717) is 6.61 Å². The van der Waals surface area contributed by atoms with Crippen LogP contribution in [0.2, 0.25) is 0 Å². The molecule has 5 heteroatoms. The Hall–Kier alpha value is -2.43. The van der Waals surface area contributed by atoms with Crippen molar-refractivity contribution in [1.29, 1.82) is 0 Å². The van der Waals surface area contributed by atoms with Crippen LogP contribution in [0, 0.1) is 0 Å². The molecule has 0 fully saturated rings. The van der Waals surface area contributed by atoms with Crippen LogP contribution < -0.4 is 0 Å². The Kier molecular flexibility index (Phi) is 3.33. The number of fused-ring (bicyclic) bond motifs is 1. The lowest BCUT2D eigenvalue weighted by atomic mass is 10.0. The summed E-state index contributed by atoms with van der Waals surface area (Å²) in [6.45, 7) is 2.10. The highest BCUT2D eigenvalue weighted by Crippen LogP contribution is 2.29. The van der Waals surface area contributed by atoms with E-state index in [4.69, 9.17) is 9.47 Å². The Morgan fingerprint density at radius 2 is 2.30 bits per heavy atom. The maximum Gasteiger partial charge on any atom is 0.335 e. The third-order valence-corrected chi connectivity index (χ3v) is 3.20. The van der Waals surface area contributed by atoms with Crippen molar-refractivity contribution in [3.63, 3.8) is 0 Å². The zero-order chi connectivity index (χ0) is 13.9. The minimum Gasteiger partial charge on any atom is -0.473 e. The molecule has 0 aliphatic carbocycles.